The van der Waals surface area contributed by atoms with E-state index in [1.807, 2.05) is 12.1 Å². The Balaban J connectivity index is 2.15. The maximum atomic E-state index is 10.5. The van der Waals surface area contributed by atoms with E-state index in [0.29, 0.717) is 0 Å². The van der Waals surface area contributed by atoms with Crippen LogP contribution >= 0.6 is 0 Å². The van der Waals surface area contributed by atoms with Gasteiger partial charge >= 0.3 is 0 Å². The molecule has 4 heteroatoms. The molecule has 4 nitrogen and oxygen atoms in total. The number of non-ortho nitro benzene ring substituents is 1. The van der Waals surface area contributed by atoms with Gasteiger partial charge in [0.05, 0.1) is 4.92 Å². The minimum atomic E-state index is -0.401. The van der Waals surface area contributed by atoms with Gasteiger partial charge in [0.15, 0.2) is 0 Å². The summed E-state index contributed by atoms with van der Waals surface area (Å²) in [6.45, 7) is 2.10. The highest BCUT2D eigenvalue weighted by Gasteiger charge is 2.03. The molecule has 18 heavy (non-hydrogen) atoms. The van der Waals surface area contributed by atoms with Crippen molar-refractivity contribution >= 4 is 17.1 Å². The molecule has 2 rings (SSSR count). The number of nitro benzene ring substituents is 1. The smallest absolute Gasteiger partial charge is 0.269 e. The lowest BCUT2D eigenvalue weighted by Gasteiger charge is -2.07. The lowest BCUT2D eigenvalue weighted by Crippen LogP contribution is -1.92. The Hall–Kier alpha value is -2.36. The van der Waals surface area contributed by atoms with Crippen molar-refractivity contribution in [2.45, 2.75) is 13.3 Å². The van der Waals surface area contributed by atoms with Crippen molar-refractivity contribution in [3.05, 3.63) is 64.2 Å². The van der Waals surface area contributed by atoms with Crippen LogP contribution in [0.5, 0.6) is 0 Å². The Morgan fingerprint density at radius 1 is 1.11 bits per heavy atom. The molecule has 1 N–H and O–H groups in total. The number of anilines is 2. The summed E-state index contributed by atoms with van der Waals surface area (Å²) in [6, 6.07) is 14.5. The topological polar surface area (TPSA) is 55.2 Å². The Morgan fingerprint density at radius 3 is 2.44 bits per heavy atom. The first-order valence-corrected chi connectivity index (χ1v) is 5.79. The first-order chi connectivity index (χ1) is 8.69. The lowest BCUT2D eigenvalue weighted by molar-refractivity contribution is -0.384. The third-order valence-electron chi connectivity index (χ3n) is 2.70. The van der Waals surface area contributed by atoms with Crippen LogP contribution in [-0.4, -0.2) is 4.92 Å². The van der Waals surface area contributed by atoms with Crippen molar-refractivity contribution in [2.24, 2.45) is 0 Å². The van der Waals surface area contributed by atoms with Gasteiger partial charge in [-0.1, -0.05) is 19.1 Å². The molecule has 2 aromatic carbocycles. The number of hydrogen-bond acceptors (Lipinski definition) is 3. The molecule has 0 saturated heterocycles. The predicted molar refractivity (Wildman–Crippen MR) is 72.2 cm³/mol. The molecule has 0 radical (unpaired) electrons. The fourth-order valence-corrected chi connectivity index (χ4v) is 1.70. The summed E-state index contributed by atoms with van der Waals surface area (Å²) in [5.74, 6) is 0. The molecule has 92 valence electrons. The molecular formula is C14H14N2O2. The maximum Gasteiger partial charge on any atom is 0.269 e. The zero-order valence-electron chi connectivity index (χ0n) is 10.1. The van der Waals surface area contributed by atoms with Crippen LogP contribution in [0.25, 0.3) is 0 Å². The van der Waals surface area contributed by atoms with E-state index in [4.69, 9.17) is 0 Å². The number of benzene rings is 2. The fraction of sp³-hybridized carbons (Fsp3) is 0.143. The van der Waals surface area contributed by atoms with E-state index in [2.05, 4.69) is 24.4 Å². The van der Waals surface area contributed by atoms with Crippen molar-refractivity contribution in [1.82, 2.24) is 0 Å². The highest BCUT2D eigenvalue weighted by molar-refractivity contribution is 5.61. The Kier molecular flexibility index (Phi) is 3.57. The highest BCUT2D eigenvalue weighted by Crippen LogP contribution is 2.20. The van der Waals surface area contributed by atoms with Gasteiger partial charge in [-0.3, -0.25) is 10.1 Å². The summed E-state index contributed by atoms with van der Waals surface area (Å²) >= 11 is 0. The normalized spacial score (nSPS) is 10.1. The summed E-state index contributed by atoms with van der Waals surface area (Å²) in [7, 11) is 0. The largest absolute Gasteiger partial charge is 0.356 e. The summed E-state index contributed by atoms with van der Waals surface area (Å²) in [4.78, 5) is 10.1. The van der Waals surface area contributed by atoms with Crippen LogP contribution in [0.15, 0.2) is 48.5 Å². The van der Waals surface area contributed by atoms with E-state index in [-0.39, 0.29) is 5.69 Å². The average molecular weight is 242 g/mol. The third-order valence-corrected chi connectivity index (χ3v) is 2.70. The summed E-state index contributed by atoms with van der Waals surface area (Å²) in [5.41, 5.74) is 3.18. The molecule has 0 unspecified atom stereocenters. The summed E-state index contributed by atoms with van der Waals surface area (Å²) in [6.07, 6.45) is 0.982. The monoisotopic (exact) mass is 242 g/mol. The van der Waals surface area contributed by atoms with Gasteiger partial charge in [-0.05, 0) is 36.2 Å². The summed E-state index contributed by atoms with van der Waals surface area (Å²) < 4.78 is 0. The standard InChI is InChI=1S/C14H14N2O2/c1-2-11-4-3-5-13(10-11)15-12-6-8-14(9-7-12)16(17)18/h3-10,15H,2H2,1H3. The van der Waals surface area contributed by atoms with Crippen LogP contribution < -0.4 is 5.32 Å². The van der Waals surface area contributed by atoms with Crippen LogP contribution in [0.3, 0.4) is 0 Å². The molecule has 0 amide bonds. The van der Waals surface area contributed by atoms with E-state index >= 15 is 0 Å². The zero-order chi connectivity index (χ0) is 13.0. The van der Waals surface area contributed by atoms with Crippen LogP contribution in [0.1, 0.15) is 12.5 Å². The first kappa shape index (κ1) is 12.1. The Morgan fingerprint density at radius 2 is 1.83 bits per heavy atom. The molecule has 0 aliphatic rings. The van der Waals surface area contributed by atoms with E-state index in [9.17, 15) is 10.1 Å². The van der Waals surface area contributed by atoms with Crippen LogP contribution in [0, 0.1) is 10.1 Å². The molecule has 0 spiro atoms. The van der Waals surface area contributed by atoms with Crippen molar-refractivity contribution in [3.63, 3.8) is 0 Å². The summed E-state index contributed by atoms with van der Waals surface area (Å²) in [5, 5.41) is 13.8. The number of nitro groups is 1. The van der Waals surface area contributed by atoms with E-state index in [1.165, 1.54) is 17.7 Å². The van der Waals surface area contributed by atoms with Gasteiger partial charge in [0.25, 0.3) is 5.69 Å². The van der Waals surface area contributed by atoms with Crippen LogP contribution in [-0.2, 0) is 6.42 Å². The molecule has 0 aromatic heterocycles. The maximum absolute atomic E-state index is 10.5. The van der Waals surface area contributed by atoms with Gasteiger partial charge in [-0.15, -0.1) is 0 Å². The van der Waals surface area contributed by atoms with Crippen molar-refractivity contribution in [3.8, 4) is 0 Å². The van der Waals surface area contributed by atoms with Gasteiger partial charge in [0, 0.05) is 23.5 Å². The van der Waals surface area contributed by atoms with Crippen LogP contribution in [0.2, 0.25) is 0 Å². The SMILES string of the molecule is CCc1cccc(Nc2ccc([N+](=O)[O-])cc2)c1. The molecule has 0 fully saturated rings. The second-order valence-corrected chi connectivity index (χ2v) is 3.98. The molecule has 2 aromatic rings. The van der Waals surface area contributed by atoms with Crippen LogP contribution in [0.4, 0.5) is 17.1 Å². The quantitative estimate of drug-likeness (QED) is 0.653. The Bertz CT molecular complexity index is 550. The van der Waals surface area contributed by atoms with E-state index < -0.39 is 4.92 Å². The fourth-order valence-electron chi connectivity index (χ4n) is 1.70. The van der Waals surface area contributed by atoms with Gasteiger partial charge < -0.3 is 5.32 Å². The predicted octanol–water partition coefficient (Wildman–Crippen LogP) is 3.90. The number of nitrogens with one attached hydrogen (secondary N) is 1. The van der Waals surface area contributed by atoms with Gasteiger partial charge in [-0.25, -0.2) is 0 Å². The average Bonchev–Trinajstić information content (AvgIpc) is 2.39. The molecule has 0 saturated carbocycles. The second-order valence-electron chi connectivity index (χ2n) is 3.98. The zero-order valence-corrected chi connectivity index (χ0v) is 10.1. The van der Waals surface area contributed by atoms with E-state index in [1.54, 1.807) is 12.1 Å². The lowest BCUT2D eigenvalue weighted by atomic mass is 10.1. The van der Waals surface area contributed by atoms with Crippen molar-refractivity contribution in [1.29, 1.82) is 0 Å². The number of hydrogen-bond donors (Lipinski definition) is 1. The molecule has 0 bridgehead atoms. The number of aryl methyl sites for hydroxylation is 1. The number of nitrogens with zero attached hydrogens (tertiary/aromatic N) is 1. The first-order valence-electron chi connectivity index (χ1n) is 5.79. The van der Waals surface area contributed by atoms with Gasteiger partial charge in [0.2, 0.25) is 0 Å². The van der Waals surface area contributed by atoms with Gasteiger partial charge in [0.1, 0.15) is 0 Å². The second kappa shape index (κ2) is 5.31. The highest BCUT2D eigenvalue weighted by atomic mass is 16.6. The van der Waals surface area contributed by atoms with E-state index in [0.717, 1.165) is 17.8 Å². The molecule has 0 aliphatic heterocycles. The minimum absolute atomic E-state index is 0.0999. The minimum Gasteiger partial charge on any atom is -0.356 e. The van der Waals surface area contributed by atoms with Crippen molar-refractivity contribution < 1.29 is 4.92 Å². The van der Waals surface area contributed by atoms with Crippen molar-refractivity contribution in [2.75, 3.05) is 5.32 Å². The third kappa shape index (κ3) is 2.85. The molecule has 0 heterocycles. The number of rotatable bonds is 4. The molecule has 0 aliphatic carbocycles. The molecular weight excluding hydrogens is 228 g/mol. The molecule has 0 atom stereocenters. The Labute approximate surface area is 105 Å². The van der Waals surface area contributed by atoms with Gasteiger partial charge in [-0.2, -0.15) is 0 Å².